The van der Waals surface area contributed by atoms with Gasteiger partial charge in [0.2, 0.25) is 5.91 Å². The van der Waals surface area contributed by atoms with E-state index in [-0.39, 0.29) is 5.91 Å². The summed E-state index contributed by atoms with van der Waals surface area (Å²) in [5, 5.41) is 7.24. The third-order valence-corrected chi connectivity index (χ3v) is 4.71. The van der Waals surface area contributed by atoms with Gasteiger partial charge in [0.25, 0.3) is 0 Å². The largest absolute Gasteiger partial charge is 0.361 e. The monoisotopic (exact) mass is 370 g/mol. The quantitative estimate of drug-likeness (QED) is 0.445. The molecule has 0 atom stereocenters. The first kappa shape index (κ1) is 17.8. The second-order valence-electron chi connectivity index (χ2n) is 6.69. The molecule has 2 aromatic carbocycles. The molecule has 0 saturated carbocycles. The molecule has 0 fully saturated rings. The maximum atomic E-state index is 12.4. The molecule has 1 amide bonds. The topological polar surface area (TPSA) is 69.8 Å². The summed E-state index contributed by atoms with van der Waals surface area (Å²) in [5.74, 6) is 0.449. The molecule has 5 heteroatoms. The predicted octanol–water partition coefficient (Wildman–Crippen LogP) is 5.05. The molecular formula is C23H22N4O. The van der Waals surface area contributed by atoms with Gasteiger partial charge >= 0.3 is 0 Å². The van der Waals surface area contributed by atoms with Gasteiger partial charge < -0.3 is 15.6 Å². The van der Waals surface area contributed by atoms with E-state index in [4.69, 9.17) is 0 Å². The summed E-state index contributed by atoms with van der Waals surface area (Å²) < 4.78 is 0. The van der Waals surface area contributed by atoms with Gasteiger partial charge in [0.1, 0.15) is 5.82 Å². The number of fused-ring (bicyclic) bond motifs is 1. The van der Waals surface area contributed by atoms with Crippen LogP contribution in [0, 0.1) is 0 Å². The van der Waals surface area contributed by atoms with E-state index in [0.29, 0.717) is 12.2 Å². The molecule has 2 heterocycles. The number of pyridine rings is 1. The van der Waals surface area contributed by atoms with E-state index in [0.717, 1.165) is 34.3 Å². The first-order valence-corrected chi connectivity index (χ1v) is 9.38. The van der Waals surface area contributed by atoms with Crippen LogP contribution in [0.15, 0.2) is 73.1 Å². The SMILES string of the molecule is CCc1ccc(Nc2ccc(NC(=O)Cc3c[nH]c4ccccc34)nc2)cc1. The number of H-pyrrole nitrogens is 1. The molecular weight excluding hydrogens is 348 g/mol. The van der Waals surface area contributed by atoms with Gasteiger partial charge in [-0.2, -0.15) is 0 Å². The molecule has 0 radical (unpaired) electrons. The van der Waals surface area contributed by atoms with Gasteiger partial charge in [-0.15, -0.1) is 0 Å². The second-order valence-corrected chi connectivity index (χ2v) is 6.69. The molecule has 0 spiro atoms. The standard InChI is InChI=1S/C23H22N4O/c1-2-16-7-9-18(10-8-16)26-19-11-12-22(25-15-19)27-23(28)13-17-14-24-21-6-4-3-5-20(17)21/h3-12,14-15,24,26H,2,13H2,1H3,(H,25,27,28). The number of carbonyl (C=O) groups excluding carboxylic acids is 1. The number of hydrogen-bond acceptors (Lipinski definition) is 3. The zero-order chi connectivity index (χ0) is 19.3. The van der Waals surface area contributed by atoms with Crippen LogP contribution in [0.3, 0.4) is 0 Å². The molecule has 0 saturated heterocycles. The number of nitrogens with one attached hydrogen (secondary N) is 3. The van der Waals surface area contributed by atoms with Crippen LogP contribution in [0.1, 0.15) is 18.1 Å². The first-order valence-electron chi connectivity index (χ1n) is 9.38. The number of anilines is 3. The van der Waals surface area contributed by atoms with Crippen molar-refractivity contribution in [3.8, 4) is 0 Å². The Morgan fingerprint density at radius 2 is 1.79 bits per heavy atom. The average Bonchev–Trinajstić information content (AvgIpc) is 3.13. The number of rotatable bonds is 6. The number of para-hydroxylation sites is 1. The summed E-state index contributed by atoms with van der Waals surface area (Å²) in [6.07, 6.45) is 4.92. The second kappa shape index (κ2) is 7.96. The number of hydrogen-bond donors (Lipinski definition) is 3. The molecule has 4 aromatic rings. The molecule has 4 rings (SSSR count). The molecule has 28 heavy (non-hydrogen) atoms. The highest BCUT2D eigenvalue weighted by Gasteiger charge is 2.09. The van der Waals surface area contributed by atoms with Gasteiger partial charge in [-0.3, -0.25) is 4.79 Å². The Morgan fingerprint density at radius 1 is 1.00 bits per heavy atom. The zero-order valence-electron chi connectivity index (χ0n) is 15.7. The lowest BCUT2D eigenvalue weighted by molar-refractivity contribution is -0.115. The van der Waals surface area contributed by atoms with Crippen molar-refractivity contribution in [1.82, 2.24) is 9.97 Å². The minimum atomic E-state index is -0.0897. The van der Waals surface area contributed by atoms with Crippen molar-refractivity contribution in [2.45, 2.75) is 19.8 Å². The lowest BCUT2D eigenvalue weighted by Crippen LogP contribution is -2.15. The van der Waals surface area contributed by atoms with Gasteiger partial charge in [0, 0.05) is 22.8 Å². The molecule has 5 nitrogen and oxygen atoms in total. The smallest absolute Gasteiger partial charge is 0.230 e. The van der Waals surface area contributed by atoms with E-state index in [1.54, 1.807) is 12.3 Å². The van der Waals surface area contributed by atoms with Crippen molar-refractivity contribution in [3.63, 3.8) is 0 Å². The van der Waals surface area contributed by atoms with Crippen LogP contribution in [-0.4, -0.2) is 15.9 Å². The number of aryl methyl sites for hydroxylation is 1. The van der Waals surface area contributed by atoms with Crippen LogP contribution in [0.25, 0.3) is 10.9 Å². The maximum absolute atomic E-state index is 12.4. The van der Waals surface area contributed by atoms with Crippen molar-refractivity contribution in [2.24, 2.45) is 0 Å². The molecule has 140 valence electrons. The predicted molar refractivity (Wildman–Crippen MR) is 114 cm³/mol. The van der Waals surface area contributed by atoms with E-state index < -0.39 is 0 Å². The summed E-state index contributed by atoms with van der Waals surface area (Å²) in [4.78, 5) is 19.9. The molecule has 0 bridgehead atoms. The molecule has 2 aromatic heterocycles. The van der Waals surface area contributed by atoms with Gasteiger partial charge in [0.05, 0.1) is 18.3 Å². The third-order valence-electron chi connectivity index (χ3n) is 4.71. The van der Waals surface area contributed by atoms with Crippen molar-refractivity contribution in [1.29, 1.82) is 0 Å². The Kier molecular flexibility index (Phi) is 5.06. The molecule has 0 aliphatic carbocycles. The fourth-order valence-corrected chi connectivity index (χ4v) is 3.17. The van der Waals surface area contributed by atoms with Crippen LogP contribution in [-0.2, 0) is 17.6 Å². The van der Waals surface area contributed by atoms with E-state index >= 15 is 0 Å². The third kappa shape index (κ3) is 4.04. The maximum Gasteiger partial charge on any atom is 0.230 e. The number of nitrogens with zero attached hydrogens (tertiary/aromatic N) is 1. The molecule has 0 aliphatic heterocycles. The fraction of sp³-hybridized carbons (Fsp3) is 0.130. The Bertz CT molecular complexity index is 1080. The number of amides is 1. The number of aromatic amines is 1. The normalized spacial score (nSPS) is 10.8. The van der Waals surface area contributed by atoms with Crippen LogP contribution < -0.4 is 10.6 Å². The molecule has 0 aliphatic rings. The first-order chi connectivity index (χ1) is 13.7. The Balaban J connectivity index is 1.37. The highest BCUT2D eigenvalue weighted by molar-refractivity contribution is 5.95. The van der Waals surface area contributed by atoms with Gasteiger partial charge in [-0.1, -0.05) is 37.3 Å². The van der Waals surface area contributed by atoms with E-state index in [1.807, 2.05) is 36.5 Å². The van der Waals surface area contributed by atoms with Gasteiger partial charge in [-0.25, -0.2) is 4.98 Å². The average molecular weight is 370 g/mol. The van der Waals surface area contributed by atoms with Crippen molar-refractivity contribution < 1.29 is 4.79 Å². The summed E-state index contributed by atoms with van der Waals surface area (Å²) in [5.41, 5.74) is 5.19. The minimum absolute atomic E-state index is 0.0897. The molecule has 0 unspecified atom stereocenters. The zero-order valence-corrected chi connectivity index (χ0v) is 15.7. The van der Waals surface area contributed by atoms with Crippen molar-refractivity contribution in [2.75, 3.05) is 10.6 Å². The van der Waals surface area contributed by atoms with Crippen LogP contribution in [0.2, 0.25) is 0 Å². The van der Waals surface area contributed by atoms with Gasteiger partial charge in [-0.05, 0) is 47.9 Å². The Morgan fingerprint density at radius 3 is 2.54 bits per heavy atom. The lowest BCUT2D eigenvalue weighted by Gasteiger charge is -2.08. The van der Waals surface area contributed by atoms with Crippen LogP contribution >= 0.6 is 0 Å². The fourth-order valence-electron chi connectivity index (χ4n) is 3.17. The summed E-state index contributed by atoms with van der Waals surface area (Å²) in [7, 11) is 0. The molecule has 3 N–H and O–H groups in total. The Labute approximate surface area is 163 Å². The minimum Gasteiger partial charge on any atom is -0.361 e. The number of carbonyl (C=O) groups is 1. The highest BCUT2D eigenvalue weighted by Crippen LogP contribution is 2.20. The number of aromatic nitrogens is 2. The summed E-state index contributed by atoms with van der Waals surface area (Å²) >= 11 is 0. The number of benzene rings is 2. The van der Waals surface area contributed by atoms with Crippen molar-refractivity contribution in [3.05, 3.63) is 84.2 Å². The van der Waals surface area contributed by atoms with E-state index in [1.165, 1.54) is 5.56 Å². The summed E-state index contributed by atoms with van der Waals surface area (Å²) in [6, 6.07) is 20.0. The van der Waals surface area contributed by atoms with E-state index in [9.17, 15) is 4.79 Å². The van der Waals surface area contributed by atoms with Crippen molar-refractivity contribution >= 4 is 34.0 Å². The van der Waals surface area contributed by atoms with Crippen LogP contribution in [0.4, 0.5) is 17.2 Å². The van der Waals surface area contributed by atoms with Crippen LogP contribution in [0.5, 0.6) is 0 Å². The highest BCUT2D eigenvalue weighted by atomic mass is 16.1. The van der Waals surface area contributed by atoms with E-state index in [2.05, 4.69) is 51.8 Å². The Hall–Kier alpha value is -3.60. The summed E-state index contributed by atoms with van der Waals surface area (Å²) in [6.45, 7) is 2.14. The van der Waals surface area contributed by atoms with Gasteiger partial charge in [0.15, 0.2) is 0 Å². The lowest BCUT2D eigenvalue weighted by atomic mass is 10.1.